The SMILES string of the molecule is NCC(O)Cc1[nH]ncc1[N+](=O)[O-]. The minimum atomic E-state index is -0.779. The Balaban J connectivity index is 2.76. The maximum Gasteiger partial charge on any atom is 0.309 e. The molecule has 0 aromatic carbocycles. The van der Waals surface area contributed by atoms with E-state index in [1.165, 1.54) is 0 Å². The average Bonchev–Trinajstić information content (AvgIpc) is 2.52. The van der Waals surface area contributed by atoms with Crippen molar-refractivity contribution in [1.29, 1.82) is 0 Å². The lowest BCUT2D eigenvalue weighted by Gasteiger charge is -2.03. The monoisotopic (exact) mass is 186 g/mol. The van der Waals surface area contributed by atoms with Gasteiger partial charge in [0.15, 0.2) is 0 Å². The molecule has 0 saturated heterocycles. The number of aromatic nitrogens is 2. The third-order valence-corrected chi connectivity index (χ3v) is 1.60. The van der Waals surface area contributed by atoms with Gasteiger partial charge in [0.05, 0.1) is 11.0 Å². The Hall–Kier alpha value is -1.47. The lowest BCUT2D eigenvalue weighted by molar-refractivity contribution is -0.385. The lowest BCUT2D eigenvalue weighted by Crippen LogP contribution is -2.22. The number of rotatable bonds is 4. The van der Waals surface area contributed by atoms with Crippen LogP contribution in [0.1, 0.15) is 5.69 Å². The van der Waals surface area contributed by atoms with E-state index in [0.29, 0.717) is 5.69 Å². The maximum atomic E-state index is 10.4. The van der Waals surface area contributed by atoms with Gasteiger partial charge >= 0.3 is 5.69 Å². The second kappa shape index (κ2) is 3.97. The summed E-state index contributed by atoms with van der Waals surface area (Å²) in [4.78, 5) is 9.83. The van der Waals surface area contributed by atoms with E-state index in [1.54, 1.807) is 0 Å². The molecule has 13 heavy (non-hydrogen) atoms. The highest BCUT2D eigenvalue weighted by Gasteiger charge is 2.17. The van der Waals surface area contributed by atoms with Crippen LogP contribution in [0.2, 0.25) is 0 Å². The highest BCUT2D eigenvalue weighted by atomic mass is 16.6. The number of hydrogen-bond donors (Lipinski definition) is 3. The molecule has 0 aliphatic heterocycles. The second-order valence-electron chi connectivity index (χ2n) is 2.58. The lowest BCUT2D eigenvalue weighted by atomic mass is 10.2. The van der Waals surface area contributed by atoms with Gasteiger partial charge in [-0.3, -0.25) is 15.2 Å². The number of aliphatic hydroxyl groups excluding tert-OH is 1. The number of aromatic amines is 1. The molecule has 0 aliphatic rings. The predicted octanol–water partition coefficient (Wildman–Crippen LogP) is -0.820. The number of nitrogens with zero attached hydrogens (tertiary/aromatic N) is 2. The molecule has 7 nitrogen and oxygen atoms in total. The molecule has 7 heteroatoms. The number of nitrogens with two attached hydrogens (primary N) is 1. The first-order valence-electron chi connectivity index (χ1n) is 3.70. The van der Waals surface area contributed by atoms with Gasteiger partial charge in [0.1, 0.15) is 11.9 Å². The number of hydrogen-bond acceptors (Lipinski definition) is 5. The van der Waals surface area contributed by atoms with Crippen LogP contribution in [0, 0.1) is 10.1 Å². The van der Waals surface area contributed by atoms with Crippen LogP contribution in [0.3, 0.4) is 0 Å². The highest BCUT2D eigenvalue weighted by Crippen LogP contribution is 2.15. The van der Waals surface area contributed by atoms with Crippen molar-refractivity contribution in [3.05, 3.63) is 22.0 Å². The average molecular weight is 186 g/mol. The quantitative estimate of drug-likeness (QED) is 0.419. The van der Waals surface area contributed by atoms with Gasteiger partial charge in [0.25, 0.3) is 0 Å². The van der Waals surface area contributed by atoms with E-state index in [0.717, 1.165) is 6.20 Å². The van der Waals surface area contributed by atoms with Gasteiger partial charge in [-0.25, -0.2) is 0 Å². The summed E-state index contributed by atoms with van der Waals surface area (Å²) in [5.74, 6) is 0. The first kappa shape index (κ1) is 9.62. The molecular formula is C6H10N4O3. The Kier molecular flexibility index (Phi) is 2.93. The Bertz CT molecular complexity index is 298. The largest absolute Gasteiger partial charge is 0.391 e. The van der Waals surface area contributed by atoms with E-state index in [9.17, 15) is 10.1 Å². The summed E-state index contributed by atoms with van der Waals surface area (Å²) in [6, 6.07) is 0. The Morgan fingerprint density at radius 2 is 2.54 bits per heavy atom. The van der Waals surface area contributed by atoms with Crippen LogP contribution >= 0.6 is 0 Å². The van der Waals surface area contributed by atoms with Crippen LogP contribution in [-0.4, -0.2) is 32.9 Å². The zero-order chi connectivity index (χ0) is 9.84. The van der Waals surface area contributed by atoms with Crippen molar-refractivity contribution >= 4 is 5.69 Å². The number of H-pyrrole nitrogens is 1. The Morgan fingerprint density at radius 3 is 3.08 bits per heavy atom. The summed E-state index contributed by atoms with van der Waals surface area (Å²) in [6.07, 6.45) is 0.449. The van der Waals surface area contributed by atoms with Gasteiger partial charge in [-0.05, 0) is 0 Å². The molecule has 1 heterocycles. The van der Waals surface area contributed by atoms with Crippen molar-refractivity contribution in [2.45, 2.75) is 12.5 Å². The van der Waals surface area contributed by atoms with E-state index in [-0.39, 0.29) is 18.7 Å². The summed E-state index contributed by atoms with van der Waals surface area (Å²) < 4.78 is 0. The van der Waals surface area contributed by atoms with Crippen molar-refractivity contribution in [2.24, 2.45) is 5.73 Å². The van der Waals surface area contributed by atoms with E-state index in [2.05, 4.69) is 10.2 Å². The van der Waals surface area contributed by atoms with Crippen molar-refractivity contribution in [3.8, 4) is 0 Å². The van der Waals surface area contributed by atoms with E-state index < -0.39 is 11.0 Å². The van der Waals surface area contributed by atoms with Crippen molar-refractivity contribution in [1.82, 2.24) is 10.2 Å². The van der Waals surface area contributed by atoms with Crippen molar-refractivity contribution in [2.75, 3.05) is 6.54 Å². The van der Waals surface area contributed by atoms with Gasteiger partial charge in [-0.1, -0.05) is 0 Å². The normalized spacial score (nSPS) is 12.8. The number of nitrogens with one attached hydrogen (secondary N) is 1. The molecule has 0 spiro atoms. The van der Waals surface area contributed by atoms with E-state index in [4.69, 9.17) is 10.8 Å². The molecule has 72 valence electrons. The molecule has 1 unspecified atom stereocenters. The molecule has 1 aromatic heterocycles. The topological polar surface area (TPSA) is 118 Å². The van der Waals surface area contributed by atoms with E-state index in [1.807, 2.05) is 0 Å². The van der Waals surface area contributed by atoms with Gasteiger partial charge < -0.3 is 10.8 Å². The molecule has 0 saturated carbocycles. The maximum absolute atomic E-state index is 10.4. The Morgan fingerprint density at radius 1 is 1.85 bits per heavy atom. The summed E-state index contributed by atoms with van der Waals surface area (Å²) in [6.45, 7) is 0.0656. The number of nitro groups is 1. The summed E-state index contributed by atoms with van der Waals surface area (Å²) in [7, 11) is 0. The minimum Gasteiger partial charge on any atom is -0.391 e. The molecule has 1 aromatic rings. The van der Waals surface area contributed by atoms with E-state index >= 15 is 0 Å². The molecule has 0 bridgehead atoms. The fourth-order valence-electron chi connectivity index (χ4n) is 0.933. The minimum absolute atomic E-state index is 0.0656. The summed E-state index contributed by atoms with van der Waals surface area (Å²) in [5.41, 5.74) is 5.34. The zero-order valence-electron chi connectivity index (χ0n) is 6.80. The molecule has 0 amide bonds. The first-order valence-corrected chi connectivity index (χ1v) is 3.70. The third-order valence-electron chi connectivity index (χ3n) is 1.60. The first-order chi connectivity index (χ1) is 6.15. The summed E-state index contributed by atoms with van der Waals surface area (Å²) in [5, 5.41) is 25.5. The molecule has 1 atom stereocenters. The molecule has 0 aliphatic carbocycles. The van der Waals surface area contributed by atoms with Gasteiger partial charge in [-0.2, -0.15) is 5.10 Å². The van der Waals surface area contributed by atoms with Crippen LogP contribution in [0.5, 0.6) is 0 Å². The van der Waals surface area contributed by atoms with Crippen LogP contribution in [-0.2, 0) is 6.42 Å². The molecule has 4 N–H and O–H groups in total. The van der Waals surface area contributed by atoms with Gasteiger partial charge in [0, 0.05) is 13.0 Å². The zero-order valence-corrected chi connectivity index (χ0v) is 6.80. The molecular weight excluding hydrogens is 176 g/mol. The van der Waals surface area contributed by atoms with Crippen LogP contribution in [0.15, 0.2) is 6.20 Å². The fourth-order valence-corrected chi connectivity index (χ4v) is 0.933. The number of aliphatic hydroxyl groups is 1. The second-order valence-corrected chi connectivity index (χ2v) is 2.58. The third kappa shape index (κ3) is 2.23. The van der Waals surface area contributed by atoms with Crippen molar-refractivity contribution < 1.29 is 10.0 Å². The van der Waals surface area contributed by atoms with Crippen molar-refractivity contribution in [3.63, 3.8) is 0 Å². The van der Waals surface area contributed by atoms with Crippen LogP contribution in [0.25, 0.3) is 0 Å². The van der Waals surface area contributed by atoms with Crippen LogP contribution < -0.4 is 5.73 Å². The van der Waals surface area contributed by atoms with Gasteiger partial charge in [-0.15, -0.1) is 0 Å². The predicted molar refractivity (Wildman–Crippen MR) is 44.0 cm³/mol. The standard InChI is InChI=1S/C6H10N4O3/c7-2-4(11)1-5-6(10(12)13)3-8-9-5/h3-4,11H,1-2,7H2,(H,8,9). The Labute approximate surface area is 73.7 Å². The summed E-state index contributed by atoms with van der Waals surface area (Å²) >= 11 is 0. The molecule has 1 rings (SSSR count). The fraction of sp³-hybridized carbons (Fsp3) is 0.500. The van der Waals surface area contributed by atoms with Crippen LogP contribution in [0.4, 0.5) is 5.69 Å². The smallest absolute Gasteiger partial charge is 0.309 e. The molecule has 0 fully saturated rings. The highest BCUT2D eigenvalue weighted by molar-refractivity contribution is 5.32. The molecule has 0 radical (unpaired) electrons. The van der Waals surface area contributed by atoms with Gasteiger partial charge in [0.2, 0.25) is 0 Å².